The van der Waals surface area contributed by atoms with Crippen molar-refractivity contribution in [3.05, 3.63) is 72.8 Å². The number of imidazole rings is 1. The maximum atomic E-state index is 13.0. The maximum absolute atomic E-state index is 13.0. The van der Waals surface area contributed by atoms with E-state index in [9.17, 15) is 8.42 Å². The molecule has 198 valence electrons. The molecule has 1 aromatic heterocycles. The summed E-state index contributed by atoms with van der Waals surface area (Å²) in [5, 5.41) is 7.70. The molecule has 10 heteroatoms. The molecule has 2 heterocycles. The van der Waals surface area contributed by atoms with Crippen LogP contribution in [0.3, 0.4) is 0 Å². The molecule has 1 saturated heterocycles. The van der Waals surface area contributed by atoms with Crippen molar-refractivity contribution in [2.45, 2.75) is 36.6 Å². The first-order valence-electron chi connectivity index (χ1n) is 13.0. The molecule has 0 bridgehead atoms. The molecule has 0 amide bonds. The Morgan fingerprint density at radius 1 is 0.974 bits per heavy atom. The van der Waals surface area contributed by atoms with Gasteiger partial charge in [0.25, 0.3) is 0 Å². The molecule has 2 N–H and O–H groups in total. The van der Waals surface area contributed by atoms with Crippen LogP contribution in [0, 0.1) is 0 Å². The zero-order valence-corrected chi connectivity index (χ0v) is 21.9. The minimum atomic E-state index is -3.99. The van der Waals surface area contributed by atoms with Crippen LogP contribution in [0.15, 0.2) is 77.7 Å². The van der Waals surface area contributed by atoms with Crippen molar-refractivity contribution in [3.8, 4) is 5.75 Å². The van der Waals surface area contributed by atoms with Crippen LogP contribution in [-0.4, -0.2) is 55.7 Å². The summed E-state index contributed by atoms with van der Waals surface area (Å²) in [6, 6.07) is 22.3. The number of H-pyrrole nitrogens is 1. The van der Waals surface area contributed by atoms with Gasteiger partial charge in [0.15, 0.2) is 0 Å². The van der Waals surface area contributed by atoms with E-state index in [4.69, 9.17) is 13.9 Å². The van der Waals surface area contributed by atoms with E-state index in [1.54, 1.807) is 42.5 Å². The number of hydrogen-bond donors (Lipinski definition) is 2. The predicted molar refractivity (Wildman–Crippen MR) is 147 cm³/mol. The van der Waals surface area contributed by atoms with Crippen LogP contribution in [0.25, 0.3) is 11.0 Å². The summed E-state index contributed by atoms with van der Waals surface area (Å²) in [4.78, 5) is 8.25. The van der Waals surface area contributed by atoms with Crippen molar-refractivity contribution in [2.24, 2.45) is 0 Å². The Labute approximate surface area is 222 Å². The number of para-hydroxylation sites is 1. The molecule has 0 unspecified atom stereocenters. The molecule has 3 aromatic carbocycles. The number of anilines is 3. The van der Waals surface area contributed by atoms with E-state index in [1.807, 2.05) is 35.3 Å². The molecule has 1 saturated carbocycles. The lowest BCUT2D eigenvalue weighted by Crippen LogP contribution is -2.47. The predicted octanol–water partition coefficient (Wildman–Crippen LogP) is 5.07. The zero-order valence-electron chi connectivity index (χ0n) is 21.0. The van der Waals surface area contributed by atoms with Crippen LogP contribution in [0.4, 0.5) is 17.3 Å². The fourth-order valence-corrected chi connectivity index (χ4v) is 5.99. The first kappa shape index (κ1) is 24.7. The molecular weight excluding hydrogens is 502 g/mol. The van der Waals surface area contributed by atoms with Crippen molar-refractivity contribution < 1.29 is 17.3 Å². The number of fused-ring (bicyclic) bond motifs is 1. The molecule has 0 radical (unpaired) electrons. The Hall–Kier alpha value is -3.60. The van der Waals surface area contributed by atoms with Crippen molar-refractivity contribution >= 4 is 38.5 Å². The monoisotopic (exact) mass is 533 g/mol. The molecule has 1 aliphatic heterocycles. The second kappa shape index (κ2) is 10.6. The molecule has 38 heavy (non-hydrogen) atoms. The average Bonchev–Trinajstić information content (AvgIpc) is 3.60. The minimum Gasteiger partial charge on any atom is -0.382 e. The Kier molecular flexibility index (Phi) is 6.92. The summed E-state index contributed by atoms with van der Waals surface area (Å²) in [6.07, 6.45) is 4.77. The number of hydrazine groups is 1. The van der Waals surface area contributed by atoms with Gasteiger partial charge in [-0.1, -0.05) is 31.0 Å². The van der Waals surface area contributed by atoms with Gasteiger partial charge >= 0.3 is 10.1 Å². The Balaban J connectivity index is 1.23. The van der Waals surface area contributed by atoms with E-state index < -0.39 is 10.1 Å². The van der Waals surface area contributed by atoms with Gasteiger partial charge in [0, 0.05) is 30.9 Å². The highest BCUT2D eigenvalue weighted by Crippen LogP contribution is 2.30. The normalized spacial score (nSPS) is 17.1. The smallest absolute Gasteiger partial charge is 0.339 e. The first-order valence-corrected chi connectivity index (χ1v) is 14.4. The summed E-state index contributed by atoms with van der Waals surface area (Å²) < 4.78 is 37.0. The topological polar surface area (TPSA) is 99.8 Å². The van der Waals surface area contributed by atoms with Crippen molar-refractivity contribution in [1.29, 1.82) is 0 Å². The fraction of sp³-hybridized carbons (Fsp3) is 0.321. The SMILES string of the molecule is O=S(=O)(Oc1ccc2nc(N(c3ccccc3)N3CCOCC3)[nH]c2c1)c1ccc(NC2CCCC2)cc1. The molecule has 2 fully saturated rings. The molecule has 4 aromatic rings. The number of ether oxygens (including phenoxy) is 1. The lowest BCUT2D eigenvalue weighted by atomic mass is 10.2. The lowest BCUT2D eigenvalue weighted by Gasteiger charge is -2.36. The highest BCUT2D eigenvalue weighted by atomic mass is 32.2. The Morgan fingerprint density at radius 2 is 1.71 bits per heavy atom. The molecule has 0 spiro atoms. The molecule has 2 aliphatic rings. The second-order valence-electron chi connectivity index (χ2n) is 9.64. The van der Waals surface area contributed by atoms with Crippen LogP contribution in [-0.2, 0) is 14.9 Å². The molecule has 9 nitrogen and oxygen atoms in total. The zero-order chi connectivity index (χ0) is 26.0. The first-order chi connectivity index (χ1) is 18.5. The van der Waals surface area contributed by atoms with E-state index in [1.165, 1.54) is 12.8 Å². The molecule has 0 atom stereocenters. The van der Waals surface area contributed by atoms with Gasteiger partial charge < -0.3 is 19.2 Å². The molecule has 6 rings (SSSR count). The van der Waals surface area contributed by atoms with Gasteiger partial charge in [-0.3, -0.25) is 0 Å². The van der Waals surface area contributed by atoms with Crippen LogP contribution in [0.5, 0.6) is 5.75 Å². The number of nitrogens with zero attached hydrogens (tertiary/aromatic N) is 3. The standard InChI is InChI=1S/C28H31N5O4S/c34-38(35,25-13-10-22(11-14-25)29-21-6-4-5-7-21)37-24-12-15-26-27(20-24)31-28(30-26)33(23-8-2-1-3-9-23)32-16-18-36-19-17-32/h1-3,8-15,20-21,29H,4-7,16-19H2,(H,30,31). The van der Waals surface area contributed by atoms with Gasteiger partial charge in [-0.05, 0) is 61.4 Å². The van der Waals surface area contributed by atoms with Crippen LogP contribution in [0.2, 0.25) is 0 Å². The maximum Gasteiger partial charge on any atom is 0.339 e. The van der Waals surface area contributed by atoms with E-state index >= 15 is 0 Å². The highest BCUT2D eigenvalue weighted by Gasteiger charge is 2.24. The van der Waals surface area contributed by atoms with Gasteiger partial charge in [-0.25, -0.2) is 15.0 Å². The minimum absolute atomic E-state index is 0.113. The van der Waals surface area contributed by atoms with Crippen molar-refractivity contribution in [1.82, 2.24) is 15.0 Å². The van der Waals surface area contributed by atoms with Crippen molar-refractivity contribution in [3.63, 3.8) is 0 Å². The number of aromatic amines is 1. The second-order valence-corrected chi connectivity index (χ2v) is 11.2. The third-order valence-electron chi connectivity index (χ3n) is 6.99. The van der Waals surface area contributed by atoms with E-state index in [0.29, 0.717) is 36.2 Å². The summed E-state index contributed by atoms with van der Waals surface area (Å²) >= 11 is 0. The lowest BCUT2D eigenvalue weighted by molar-refractivity contribution is 0.0372. The highest BCUT2D eigenvalue weighted by molar-refractivity contribution is 7.87. The van der Waals surface area contributed by atoms with Crippen LogP contribution >= 0.6 is 0 Å². The number of hydrogen-bond acceptors (Lipinski definition) is 8. The van der Waals surface area contributed by atoms with Crippen LogP contribution in [0.1, 0.15) is 25.7 Å². The van der Waals surface area contributed by atoms with Gasteiger partial charge in [0.05, 0.1) is 29.9 Å². The number of aromatic nitrogens is 2. The van der Waals surface area contributed by atoms with Crippen molar-refractivity contribution in [2.75, 3.05) is 36.6 Å². The molecule has 1 aliphatic carbocycles. The van der Waals surface area contributed by atoms with Gasteiger partial charge in [0.1, 0.15) is 10.6 Å². The van der Waals surface area contributed by atoms with E-state index in [2.05, 4.69) is 15.3 Å². The summed E-state index contributed by atoms with van der Waals surface area (Å²) in [6.45, 7) is 2.73. The number of nitrogens with one attached hydrogen (secondary N) is 2. The third kappa shape index (κ3) is 5.33. The third-order valence-corrected chi connectivity index (χ3v) is 8.25. The van der Waals surface area contributed by atoms with E-state index in [-0.39, 0.29) is 10.6 Å². The Morgan fingerprint density at radius 3 is 2.45 bits per heavy atom. The van der Waals surface area contributed by atoms with Crippen LogP contribution < -0.4 is 14.5 Å². The fourth-order valence-electron chi connectivity index (χ4n) is 5.07. The summed E-state index contributed by atoms with van der Waals surface area (Å²) in [5.74, 6) is 0.858. The summed E-state index contributed by atoms with van der Waals surface area (Å²) in [5.41, 5.74) is 3.28. The number of rotatable bonds is 8. The van der Waals surface area contributed by atoms with E-state index in [0.717, 1.165) is 37.3 Å². The van der Waals surface area contributed by atoms with Gasteiger partial charge in [0.2, 0.25) is 5.95 Å². The van der Waals surface area contributed by atoms with Gasteiger partial charge in [-0.2, -0.15) is 8.42 Å². The van der Waals surface area contributed by atoms with Gasteiger partial charge in [-0.15, -0.1) is 0 Å². The summed E-state index contributed by atoms with van der Waals surface area (Å²) in [7, 11) is -3.99. The quantitative estimate of drug-likeness (QED) is 0.303. The number of morpholine rings is 1. The Bertz CT molecular complexity index is 1480. The average molecular weight is 534 g/mol. The molecular formula is C28H31N5O4S. The number of benzene rings is 3. The largest absolute Gasteiger partial charge is 0.382 e.